The third-order valence-corrected chi connectivity index (χ3v) is 8.36. The predicted octanol–water partition coefficient (Wildman–Crippen LogP) is 3.08. The number of halogens is 1. The van der Waals surface area contributed by atoms with Crippen LogP contribution in [0.25, 0.3) is 0 Å². The largest absolute Gasteiger partial charge is 0.481 e. The van der Waals surface area contributed by atoms with E-state index in [1.165, 1.54) is 15.6 Å². The van der Waals surface area contributed by atoms with Crippen molar-refractivity contribution in [3.8, 4) is 0 Å². The number of nitrogens with zero attached hydrogens (tertiary/aromatic N) is 1. The minimum absolute atomic E-state index is 0.0626. The number of sulfonamides is 1. The maximum Gasteiger partial charge on any atom is 0.311 e. The summed E-state index contributed by atoms with van der Waals surface area (Å²) in [6.45, 7) is 4.08. The molecular weight excluding hydrogens is 378 g/mol. The normalized spacial score (nSPS) is 23.6. The fourth-order valence-electron chi connectivity index (χ4n) is 2.69. The lowest BCUT2D eigenvalue weighted by atomic mass is 9.83. The van der Waals surface area contributed by atoms with Crippen LogP contribution in [-0.2, 0) is 14.8 Å². The molecule has 0 bridgehead atoms. The molecule has 1 aliphatic heterocycles. The number of carboxylic acids is 1. The van der Waals surface area contributed by atoms with Gasteiger partial charge in [-0.15, -0.1) is 11.3 Å². The van der Waals surface area contributed by atoms with Gasteiger partial charge in [-0.2, -0.15) is 4.31 Å². The van der Waals surface area contributed by atoms with E-state index in [1.54, 1.807) is 6.07 Å². The summed E-state index contributed by atoms with van der Waals surface area (Å²) in [6.07, 6.45) is 1.60. The predicted molar refractivity (Wildman–Crippen MR) is 85.1 cm³/mol. The molecule has 1 saturated heterocycles. The van der Waals surface area contributed by atoms with E-state index in [9.17, 15) is 18.3 Å². The standard InChI is InChI=1S/C13H18BrNO4S2/c1-3-4-13(12(16)17)5-6-15(8-13)21(18,19)10-7-9(2)11(14)20-10/h7H,3-6,8H2,1-2H3,(H,16,17). The van der Waals surface area contributed by atoms with Gasteiger partial charge in [-0.05, 0) is 47.3 Å². The van der Waals surface area contributed by atoms with Crippen LogP contribution in [0, 0.1) is 12.3 Å². The van der Waals surface area contributed by atoms with Gasteiger partial charge in [0.1, 0.15) is 4.21 Å². The van der Waals surface area contributed by atoms with Crippen molar-refractivity contribution in [2.45, 2.75) is 37.3 Å². The van der Waals surface area contributed by atoms with E-state index in [0.717, 1.165) is 15.8 Å². The van der Waals surface area contributed by atoms with E-state index in [2.05, 4.69) is 15.9 Å². The van der Waals surface area contributed by atoms with Gasteiger partial charge in [0.05, 0.1) is 9.20 Å². The van der Waals surface area contributed by atoms with Crippen LogP contribution in [0.3, 0.4) is 0 Å². The number of thiophene rings is 1. The third-order valence-electron chi connectivity index (χ3n) is 3.93. The second-order valence-corrected chi connectivity index (χ2v) is 9.98. The van der Waals surface area contributed by atoms with E-state index >= 15 is 0 Å². The number of hydrogen-bond acceptors (Lipinski definition) is 4. The summed E-state index contributed by atoms with van der Waals surface area (Å²) in [7, 11) is -3.60. The molecule has 0 radical (unpaired) electrons. The maximum absolute atomic E-state index is 12.6. The van der Waals surface area contributed by atoms with Gasteiger partial charge in [0.15, 0.2) is 0 Å². The molecule has 0 spiro atoms. The van der Waals surface area contributed by atoms with Gasteiger partial charge in [-0.1, -0.05) is 13.3 Å². The fourth-order valence-corrected chi connectivity index (χ4v) is 6.60. The highest BCUT2D eigenvalue weighted by atomic mass is 79.9. The summed E-state index contributed by atoms with van der Waals surface area (Å²) in [6, 6.07) is 1.63. The van der Waals surface area contributed by atoms with Crippen molar-refractivity contribution in [3.63, 3.8) is 0 Å². The highest BCUT2D eigenvalue weighted by molar-refractivity contribution is 9.11. The second-order valence-electron chi connectivity index (χ2n) is 5.45. The van der Waals surface area contributed by atoms with Crippen molar-refractivity contribution in [3.05, 3.63) is 15.4 Å². The lowest BCUT2D eigenvalue weighted by molar-refractivity contribution is -0.148. The van der Waals surface area contributed by atoms with Crippen LogP contribution in [0.15, 0.2) is 14.1 Å². The third kappa shape index (κ3) is 3.04. The smallest absolute Gasteiger partial charge is 0.311 e. The van der Waals surface area contributed by atoms with Crippen molar-refractivity contribution in [1.29, 1.82) is 0 Å². The average molecular weight is 396 g/mol. The Morgan fingerprint density at radius 3 is 2.71 bits per heavy atom. The molecule has 0 aromatic carbocycles. The zero-order valence-electron chi connectivity index (χ0n) is 11.9. The molecule has 1 N–H and O–H groups in total. The van der Waals surface area contributed by atoms with Gasteiger partial charge in [-0.3, -0.25) is 4.79 Å². The van der Waals surface area contributed by atoms with Crippen LogP contribution in [-0.4, -0.2) is 36.9 Å². The Hall–Kier alpha value is -0.440. The molecule has 1 aliphatic rings. The summed E-state index contributed by atoms with van der Waals surface area (Å²) in [5.74, 6) is -0.898. The van der Waals surface area contributed by atoms with Crippen LogP contribution < -0.4 is 0 Å². The SMILES string of the molecule is CCCC1(C(=O)O)CCN(S(=O)(=O)c2cc(C)c(Br)s2)C1. The molecule has 21 heavy (non-hydrogen) atoms. The molecule has 1 aromatic heterocycles. The van der Waals surface area contributed by atoms with Gasteiger partial charge < -0.3 is 5.11 Å². The molecule has 0 amide bonds. The first-order valence-electron chi connectivity index (χ1n) is 6.72. The molecule has 1 unspecified atom stereocenters. The van der Waals surface area contributed by atoms with E-state index in [-0.39, 0.29) is 17.3 Å². The Kier molecular flexibility index (Phi) is 4.82. The van der Waals surface area contributed by atoms with Crippen LogP contribution in [0.2, 0.25) is 0 Å². The number of carboxylic acid groups (broad SMARTS) is 1. The first-order valence-corrected chi connectivity index (χ1v) is 9.77. The second kappa shape index (κ2) is 5.98. The van der Waals surface area contributed by atoms with Crippen molar-refractivity contribution in [2.75, 3.05) is 13.1 Å². The molecular formula is C13H18BrNO4S2. The highest BCUT2D eigenvalue weighted by Crippen LogP contribution is 2.40. The molecule has 2 rings (SSSR count). The Morgan fingerprint density at radius 2 is 2.24 bits per heavy atom. The molecule has 0 saturated carbocycles. The van der Waals surface area contributed by atoms with Crippen LogP contribution in [0.1, 0.15) is 31.7 Å². The minimum atomic E-state index is -3.60. The van der Waals surface area contributed by atoms with E-state index in [4.69, 9.17) is 0 Å². The lowest BCUT2D eigenvalue weighted by Crippen LogP contribution is -2.36. The van der Waals surface area contributed by atoms with Crippen molar-refractivity contribution in [2.24, 2.45) is 5.41 Å². The zero-order valence-corrected chi connectivity index (χ0v) is 15.1. The van der Waals surface area contributed by atoms with Gasteiger partial charge in [0.25, 0.3) is 10.0 Å². The minimum Gasteiger partial charge on any atom is -0.481 e. The molecule has 1 atom stereocenters. The summed E-state index contributed by atoms with van der Waals surface area (Å²) in [5.41, 5.74) is -0.0680. The molecule has 118 valence electrons. The Bertz CT molecular complexity index is 636. The number of aliphatic carboxylic acids is 1. The summed E-state index contributed by atoms with van der Waals surface area (Å²) in [5, 5.41) is 9.47. The highest BCUT2D eigenvalue weighted by Gasteiger charge is 2.47. The van der Waals surface area contributed by atoms with E-state index in [0.29, 0.717) is 12.8 Å². The monoisotopic (exact) mass is 395 g/mol. The Balaban J connectivity index is 2.29. The summed E-state index contributed by atoms with van der Waals surface area (Å²) < 4.78 is 27.6. The topological polar surface area (TPSA) is 74.7 Å². The Labute approximate surface area is 137 Å². The van der Waals surface area contributed by atoms with Crippen LogP contribution >= 0.6 is 27.3 Å². The quantitative estimate of drug-likeness (QED) is 0.830. The maximum atomic E-state index is 12.6. The molecule has 1 aromatic rings. The van der Waals surface area contributed by atoms with Gasteiger partial charge in [0, 0.05) is 13.1 Å². The molecule has 1 fully saturated rings. The molecule has 0 aliphatic carbocycles. The number of carbonyl (C=O) groups is 1. The zero-order chi connectivity index (χ0) is 15.8. The first kappa shape index (κ1) is 16.9. The average Bonchev–Trinajstić information content (AvgIpc) is 2.97. The van der Waals surface area contributed by atoms with E-state index in [1.807, 2.05) is 13.8 Å². The lowest BCUT2D eigenvalue weighted by Gasteiger charge is -2.23. The summed E-state index contributed by atoms with van der Waals surface area (Å²) in [4.78, 5) is 11.6. The fraction of sp³-hybridized carbons (Fsp3) is 0.615. The van der Waals surface area contributed by atoms with Crippen molar-refractivity contribution in [1.82, 2.24) is 4.31 Å². The van der Waals surface area contributed by atoms with Gasteiger partial charge in [0.2, 0.25) is 0 Å². The molecule has 8 heteroatoms. The van der Waals surface area contributed by atoms with Crippen molar-refractivity contribution >= 4 is 43.3 Å². The number of aryl methyl sites for hydroxylation is 1. The van der Waals surface area contributed by atoms with Gasteiger partial charge in [-0.25, -0.2) is 8.42 Å². The number of hydrogen-bond donors (Lipinski definition) is 1. The van der Waals surface area contributed by atoms with Crippen molar-refractivity contribution < 1.29 is 18.3 Å². The molecule has 2 heterocycles. The van der Waals surface area contributed by atoms with Crippen LogP contribution in [0.5, 0.6) is 0 Å². The first-order chi connectivity index (χ1) is 9.73. The van der Waals surface area contributed by atoms with Gasteiger partial charge >= 0.3 is 5.97 Å². The Morgan fingerprint density at radius 1 is 1.57 bits per heavy atom. The summed E-state index contributed by atoms with van der Waals surface area (Å²) >= 11 is 4.50. The van der Waals surface area contributed by atoms with Crippen LogP contribution in [0.4, 0.5) is 0 Å². The van der Waals surface area contributed by atoms with E-state index < -0.39 is 21.4 Å². The number of rotatable bonds is 5. The molecule has 5 nitrogen and oxygen atoms in total.